The van der Waals surface area contributed by atoms with Crippen molar-refractivity contribution in [3.05, 3.63) is 42.5 Å². The van der Waals surface area contributed by atoms with Crippen molar-refractivity contribution in [1.82, 2.24) is 4.90 Å². The van der Waals surface area contributed by atoms with E-state index in [9.17, 15) is 14.4 Å². The molecule has 5 nitrogen and oxygen atoms in total. The van der Waals surface area contributed by atoms with Gasteiger partial charge in [-0.25, -0.2) is 0 Å². The third-order valence-electron chi connectivity index (χ3n) is 6.14. The third-order valence-corrected chi connectivity index (χ3v) is 6.14. The van der Waals surface area contributed by atoms with Gasteiger partial charge in [0.05, 0.1) is 11.8 Å². The molecule has 1 saturated carbocycles. The predicted octanol–water partition coefficient (Wildman–Crippen LogP) is 3.30. The zero-order valence-electron chi connectivity index (χ0n) is 15.5. The molecule has 1 aliphatic heterocycles. The predicted molar refractivity (Wildman–Crippen MR) is 103 cm³/mol. The molecule has 27 heavy (non-hydrogen) atoms. The number of nitrogens with zero attached hydrogens (tertiary/aromatic N) is 2. The fourth-order valence-corrected chi connectivity index (χ4v) is 4.72. The van der Waals surface area contributed by atoms with E-state index in [1.54, 1.807) is 0 Å². The van der Waals surface area contributed by atoms with E-state index in [0.717, 1.165) is 31.4 Å². The molecule has 4 rings (SSSR count). The average Bonchev–Trinajstić information content (AvgIpc) is 2.95. The third kappa shape index (κ3) is 3.43. The second-order valence-electron chi connectivity index (χ2n) is 7.81. The number of benzene rings is 1. The summed E-state index contributed by atoms with van der Waals surface area (Å²) in [6.07, 6.45) is 10.5. The van der Waals surface area contributed by atoms with E-state index in [1.807, 2.05) is 47.4 Å². The Labute approximate surface area is 160 Å². The number of para-hydroxylation sites is 1. The van der Waals surface area contributed by atoms with E-state index >= 15 is 0 Å². The Morgan fingerprint density at radius 3 is 2.11 bits per heavy atom. The highest BCUT2D eigenvalue weighted by atomic mass is 16.2. The number of hydrogen-bond acceptors (Lipinski definition) is 3. The summed E-state index contributed by atoms with van der Waals surface area (Å²) < 4.78 is 0. The Balaban J connectivity index is 1.55. The fraction of sp³-hybridized carbons (Fsp3) is 0.500. The first-order chi connectivity index (χ1) is 13.2. The molecule has 3 amide bonds. The van der Waals surface area contributed by atoms with E-state index in [0.29, 0.717) is 12.8 Å². The van der Waals surface area contributed by atoms with Crippen molar-refractivity contribution in [3.63, 3.8) is 0 Å². The first-order valence-electron chi connectivity index (χ1n) is 10.0. The summed E-state index contributed by atoms with van der Waals surface area (Å²) in [5.74, 6) is -1.08. The van der Waals surface area contributed by atoms with Crippen molar-refractivity contribution in [3.8, 4) is 0 Å². The number of hydrogen-bond donors (Lipinski definition) is 0. The number of amides is 3. The first kappa shape index (κ1) is 18.0. The van der Waals surface area contributed by atoms with Crippen LogP contribution >= 0.6 is 0 Å². The van der Waals surface area contributed by atoms with Gasteiger partial charge in [-0.1, -0.05) is 49.6 Å². The van der Waals surface area contributed by atoms with Gasteiger partial charge < -0.3 is 4.90 Å². The summed E-state index contributed by atoms with van der Waals surface area (Å²) in [7, 11) is 0. The number of carbonyl (C=O) groups is 3. The maximum atomic E-state index is 13.3. The van der Waals surface area contributed by atoms with Gasteiger partial charge in [0.2, 0.25) is 17.7 Å². The summed E-state index contributed by atoms with van der Waals surface area (Å²) in [6.45, 7) is -0.143. The Kier molecular flexibility index (Phi) is 5.10. The maximum absolute atomic E-state index is 13.3. The Morgan fingerprint density at radius 2 is 1.52 bits per heavy atom. The lowest BCUT2D eigenvalue weighted by atomic mass is 9.85. The van der Waals surface area contributed by atoms with Crippen LogP contribution in [0.5, 0.6) is 0 Å². The Hall–Kier alpha value is -2.43. The van der Waals surface area contributed by atoms with Crippen molar-refractivity contribution in [2.24, 2.45) is 11.8 Å². The molecule has 2 fully saturated rings. The highest BCUT2D eigenvalue weighted by molar-refractivity contribution is 6.09. The molecule has 2 aliphatic carbocycles. The second kappa shape index (κ2) is 7.67. The van der Waals surface area contributed by atoms with Crippen molar-refractivity contribution >= 4 is 23.4 Å². The summed E-state index contributed by atoms with van der Waals surface area (Å²) in [4.78, 5) is 41.7. The SMILES string of the molecule is O=C1[C@H]2CC=CC[C@H]2C(=O)N1CC(=O)N(c1ccccc1)C1CCCCC1. The molecule has 1 aromatic rings. The van der Waals surface area contributed by atoms with Crippen LogP contribution in [-0.4, -0.2) is 35.2 Å². The summed E-state index contributed by atoms with van der Waals surface area (Å²) >= 11 is 0. The molecule has 3 aliphatic rings. The quantitative estimate of drug-likeness (QED) is 0.607. The van der Waals surface area contributed by atoms with Gasteiger partial charge in [-0.3, -0.25) is 19.3 Å². The average molecular weight is 366 g/mol. The highest BCUT2D eigenvalue weighted by Gasteiger charge is 2.48. The lowest BCUT2D eigenvalue weighted by molar-refractivity contribution is -0.143. The monoisotopic (exact) mass is 366 g/mol. The zero-order valence-corrected chi connectivity index (χ0v) is 15.5. The van der Waals surface area contributed by atoms with Crippen LogP contribution in [0.2, 0.25) is 0 Å². The van der Waals surface area contributed by atoms with Gasteiger partial charge in [-0.15, -0.1) is 0 Å². The minimum absolute atomic E-state index is 0.143. The molecule has 0 unspecified atom stereocenters. The molecule has 142 valence electrons. The summed E-state index contributed by atoms with van der Waals surface area (Å²) in [5.41, 5.74) is 0.854. The van der Waals surface area contributed by atoms with E-state index in [4.69, 9.17) is 0 Å². The topological polar surface area (TPSA) is 57.7 Å². The molecule has 0 aromatic heterocycles. The van der Waals surface area contributed by atoms with Gasteiger partial charge in [-0.2, -0.15) is 0 Å². The van der Waals surface area contributed by atoms with Crippen molar-refractivity contribution < 1.29 is 14.4 Å². The molecule has 0 spiro atoms. The minimum atomic E-state index is -0.282. The molecule has 2 atom stereocenters. The van der Waals surface area contributed by atoms with Gasteiger partial charge in [0, 0.05) is 11.7 Å². The summed E-state index contributed by atoms with van der Waals surface area (Å²) in [5, 5.41) is 0. The molecule has 1 heterocycles. The van der Waals surface area contributed by atoms with Gasteiger partial charge in [0.15, 0.2) is 0 Å². The van der Waals surface area contributed by atoms with Crippen LogP contribution in [-0.2, 0) is 14.4 Å². The smallest absolute Gasteiger partial charge is 0.247 e. The van der Waals surface area contributed by atoms with Crippen LogP contribution in [0.4, 0.5) is 5.69 Å². The first-order valence-corrected chi connectivity index (χ1v) is 10.0. The number of rotatable bonds is 4. The highest BCUT2D eigenvalue weighted by Crippen LogP contribution is 2.35. The normalized spacial score (nSPS) is 25.6. The maximum Gasteiger partial charge on any atom is 0.247 e. The Morgan fingerprint density at radius 1 is 0.926 bits per heavy atom. The second-order valence-corrected chi connectivity index (χ2v) is 7.81. The lowest BCUT2D eigenvalue weighted by Gasteiger charge is -2.35. The van der Waals surface area contributed by atoms with Gasteiger partial charge in [0.25, 0.3) is 0 Å². The van der Waals surface area contributed by atoms with Crippen LogP contribution in [0, 0.1) is 11.8 Å². The number of anilines is 1. The number of fused-ring (bicyclic) bond motifs is 1. The molecule has 1 saturated heterocycles. The molecular formula is C22H26N2O3. The molecule has 5 heteroatoms. The molecule has 1 aromatic carbocycles. The van der Waals surface area contributed by atoms with Crippen molar-refractivity contribution in [2.45, 2.75) is 51.0 Å². The number of carbonyl (C=O) groups excluding carboxylic acids is 3. The fourth-order valence-electron chi connectivity index (χ4n) is 4.72. The van der Waals surface area contributed by atoms with Crippen molar-refractivity contribution in [2.75, 3.05) is 11.4 Å². The number of allylic oxidation sites excluding steroid dienone is 2. The van der Waals surface area contributed by atoms with E-state index in [-0.39, 0.29) is 42.1 Å². The van der Waals surface area contributed by atoms with E-state index in [2.05, 4.69) is 0 Å². The molecular weight excluding hydrogens is 340 g/mol. The minimum Gasteiger partial charge on any atom is -0.308 e. The Bertz CT molecular complexity index is 726. The largest absolute Gasteiger partial charge is 0.308 e. The van der Waals surface area contributed by atoms with E-state index in [1.165, 1.54) is 11.3 Å². The van der Waals surface area contributed by atoms with Crippen molar-refractivity contribution in [1.29, 1.82) is 0 Å². The van der Waals surface area contributed by atoms with Gasteiger partial charge in [0.1, 0.15) is 6.54 Å². The zero-order chi connectivity index (χ0) is 18.8. The van der Waals surface area contributed by atoms with E-state index < -0.39 is 0 Å². The van der Waals surface area contributed by atoms with Crippen LogP contribution in [0.15, 0.2) is 42.5 Å². The molecule has 0 N–H and O–H groups in total. The molecule has 0 radical (unpaired) electrons. The number of likely N-dealkylation sites (tertiary alicyclic amines) is 1. The van der Waals surface area contributed by atoms with Gasteiger partial charge in [-0.05, 0) is 37.8 Å². The lowest BCUT2D eigenvalue weighted by Crippen LogP contribution is -2.48. The standard InChI is InChI=1S/C22H26N2O3/c25-20(15-23-21(26)18-13-7-8-14-19(18)22(23)27)24(16-9-3-1-4-10-16)17-11-5-2-6-12-17/h1,3-4,7-10,17-19H,2,5-6,11-15H2/t18-,19+. The van der Waals surface area contributed by atoms with Crippen LogP contribution in [0.25, 0.3) is 0 Å². The summed E-state index contributed by atoms with van der Waals surface area (Å²) in [6, 6.07) is 9.78. The van der Waals surface area contributed by atoms with Crippen LogP contribution in [0.1, 0.15) is 44.9 Å². The van der Waals surface area contributed by atoms with Crippen LogP contribution in [0.3, 0.4) is 0 Å². The van der Waals surface area contributed by atoms with Gasteiger partial charge >= 0.3 is 0 Å². The number of imide groups is 1. The van der Waals surface area contributed by atoms with Crippen LogP contribution < -0.4 is 4.90 Å². The molecule has 0 bridgehead atoms.